The Hall–Kier alpha value is -2.09. The van der Waals surface area contributed by atoms with Crippen molar-refractivity contribution < 1.29 is 14.3 Å². The van der Waals surface area contributed by atoms with Crippen molar-refractivity contribution in [3.8, 4) is 10.8 Å². The van der Waals surface area contributed by atoms with Crippen LogP contribution in [-0.4, -0.2) is 62.8 Å². The number of nitrogens with zero attached hydrogens (tertiary/aromatic N) is 2. The first-order valence-corrected chi connectivity index (χ1v) is 11.3. The molecule has 0 spiro atoms. The first kappa shape index (κ1) is 18.9. The van der Waals surface area contributed by atoms with E-state index in [1.54, 1.807) is 0 Å². The Kier molecular flexibility index (Phi) is 5.44. The molecule has 2 aromatic rings. The van der Waals surface area contributed by atoms with Crippen LogP contribution < -0.4 is 15.0 Å². The van der Waals surface area contributed by atoms with Gasteiger partial charge in [-0.3, -0.25) is 4.79 Å². The largest absolute Gasteiger partial charge is 0.447 e. The smallest absolute Gasteiger partial charge is 0.261 e. The molecule has 4 saturated heterocycles. The third-order valence-electron chi connectivity index (χ3n) is 6.19. The third kappa shape index (κ3) is 4.27. The molecule has 1 atom stereocenters. The zero-order valence-corrected chi connectivity index (χ0v) is 17.3. The number of carbonyl (C=O) groups is 1. The first-order chi connectivity index (χ1) is 14.2. The van der Waals surface area contributed by atoms with E-state index in [9.17, 15) is 4.79 Å². The van der Waals surface area contributed by atoms with Crippen LogP contribution in [0.15, 0.2) is 36.4 Å². The van der Waals surface area contributed by atoms with Crippen LogP contribution in [0.2, 0.25) is 0 Å². The fourth-order valence-electron chi connectivity index (χ4n) is 4.55. The Morgan fingerprint density at radius 3 is 2.69 bits per heavy atom. The molecule has 0 saturated carbocycles. The third-order valence-corrected chi connectivity index (χ3v) is 7.15. The molecule has 4 fully saturated rings. The number of carbonyl (C=O) groups excluding carboxylic acids is 1. The van der Waals surface area contributed by atoms with Crippen LogP contribution in [0.3, 0.4) is 0 Å². The predicted octanol–water partition coefficient (Wildman–Crippen LogP) is 3.20. The zero-order chi connectivity index (χ0) is 19.6. The molecule has 1 aromatic carbocycles. The fraction of sp³-hybridized carbons (Fsp3) is 0.500. The van der Waals surface area contributed by atoms with E-state index in [1.807, 2.05) is 24.3 Å². The summed E-state index contributed by atoms with van der Waals surface area (Å²) in [5, 5.41) is 3.99. The zero-order valence-electron chi connectivity index (χ0n) is 16.5. The van der Waals surface area contributed by atoms with Crippen LogP contribution in [0.1, 0.15) is 22.5 Å². The summed E-state index contributed by atoms with van der Waals surface area (Å²) in [4.78, 5) is 18.2. The van der Waals surface area contributed by atoms with Crippen molar-refractivity contribution in [1.82, 2.24) is 10.2 Å². The van der Waals surface area contributed by atoms with Gasteiger partial charge in [-0.2, -0.15) is 0 Å². The van der Waals surface area contributed by atoms with Gasteiger partial charge >= 0.3 is 0 Å². The van der Waals surface area contributed by atoms with E-state index in [0.29, 0.717) is 10.8 Å². The van der Waals surface area contributed by atoms with E-state index in [0.717, 1.165) is 49.3 Å². The molecule has 1 unspecified atom stereocenters. The van der Waals surface area contributed by atoms with Crippen LogP contribution >= 0.6 is 11.3 Å². The second-order valence-electron chi connectivity index (χ2n) is 8.04. The Morgan fingerprint density at radius 2 is 1.93 bits per heavy atom. The molecule has 4 aliphatic rings. The second-order valence-corrected chi connectivity index (χ2v) is 9.08. The monoisotopic (exact) mass is 413 g/mol. The molecule has 154 valence electrons. The van der Waals surface area contributed by atoms with Crippen LogP contribution in [0.4, 0.5) is 5.69 Å². The average molecular weight is 414 g/mol. The van der Waals surface area contributed by atoms with E-state index in [-0.39, 0.29) is 11.9 Å². The summed E-state index contributed by atoms with van der Waals surface area (Å²) in [6.07, 6.45) is 2.40. The minimum absolute atomic E-state index is 0.0191. The van der Waals surface area contributed by atoms with Gasteiger partial charge in [-0.25, -0.2) is 0 Å². The molecule has 1 N–H and O–H groups in total. The van der Waals surface area contributed by atoms with Gasteiger partial charge < -0.3 is 24.6 Å². The highest BCUT2D eigenvalue weighted by atomic mass is 32.1. The van der Waals surface area contributed by atoms with E-state index in [4.69, 9.17) is 9.47 Å². The quantitative estimate of drug-likeness (QED) is 0.816. The van der Waals surface area contributed by atoms with Crippen molar-refractivity contribution in [2.75, 3.05) is 50.8 Å². The highest BCUT2D eigenvalue weighted by molar-refractivity contribution is 7.15. The Morgan fingerprint density at radius 1 is 1.10 bits per heavy atom. The topological polar surface area (TPSA) is 54.0 Å². The molecule has 5 heterocycles. The lowest BCUT2D eigenvalue weighted by atomic mass is 9.84. The van der Waals surface area contributed by atoms with Gasteiger partial charge in [-0.05, 0) is 56.1 Å². The summed E-state index contributed by atoms with van der Waals surface area (Å²) < 4.78 is 11.5. The van der Waals surface area contributed by atoms with Gasteiger partial charge in [0.1, 0.15) is 5.75 Å². The van der Waals surface area contributed by atoms with Gasteiger partial charge in [0.25, 0.3) is 5.91 Å². The number of fused-ring (bicyclic) bond motifs is 3. The molecule has 0 radical (unpaired) electrons. The van der Waals surface area contributed by atoms with Crippen LogP contribution in [-0.2, 0) is 4.74 Å². The number of hydrogen-bond donors (Lipinski definition) is 1. The maximum absolute atomic E-state index is 12.7. The predicted molar refractivity (Wildman–Crippen MR) is 114 cm³/mol. The standard InChI is InChI=1S/C22H27N3O3S/c26-22(23-19-15-24-8-6-16(19)7-9-24)20-4-5-21(29-20)28-18-3-1-2-17(14-18)25-10-12-27-13-11-25/h1-5,14,16,19H,6-13,15H2,(H,23,26). The second kappa shape index (κ2) is 8.34. The van der Waals surface area contributed by atoms with Crippen molar-refractivity contribution in [3.63, 3.8) is 0 Å². The van der Waals surface area contributed by atoms with Gasteiger partial charge in [-0.1, -0.05) is 17.4 Å². The molecule has 2 bridgehead atoms. The van der Waals surface area contributed by atoms with E-state index in [2.05, 4.69) is 27.2 Å². The number of morpholine rings is 1. The number of piperidine rings is 3. The Labute approximate surface area is 175 Å². The first-order valence-electron chi connectivity index (χ1n) is 10.5. The number of amides is 1. The summed E-state index contributed by atoms with van der Waals surface area (Å²) >= 11 is 1.40. The lowest BCUT2D eigenvalue weighted by Gasteiger charge is -2.44. The fourth-order valence-corrected chi connectivity index (χ4v) is 5.32. The van der Waals surface area contributed by atoms with E-state index >= 15 is 0 Å². The summed E-state index contributed by atoms with van der Waals surface area (Å²) in [6.45, 7) is 6.65. The Balaban J connectivity index is 1.22. The minimum Gasteiger partial charge on any atom is -0.447 e. The molecule has 29 heavy (non-hydrogen) atoms. The summed E-state index contributed by atoms with van der Waals surface area (Å²) in [6, 6.07) is 12.1. The lowest BCUT2D eigenvalue weighted by Crippen LogP contribution is -2.57. The molecule has 1 aromatic heterocycles. The molecule has 7 heteroatoms. The number of rotatable bonds is 5. The highest BCUT2D eigenvalue weighted by Crippen LogP contribution is 2.32. The minimum atomic E-state index is 0.0191. The Bertz CT molecular complexity index is 856. The van der Waals surface area contributed by atoms with Crippen LogP contribution in [0.25, 0.3) is 0 Å². The number of thiophene rings is 1. The van der Waals surface area contributed by atoms with E-state index in [1.165, 1.54) is 37.3 Å². The number of ether oxygens (including phenoxy) is 2. The molecular formula is C22H27N3O3S. The summed E-state index contributed by atoms with van der Waals surface area (Å²) in [5.74, 6) is 1.44. The van der Waals surface area contributed by atoms with Crippen molar-refractivity contribution in [2.45, 2.75) is 18.9 Å². The van der Waals surface area contributed by atoms with Gasteiger partial charge in [-0.15, -0.1) is 0 Å². The van der Waals surface area contributed by atoms with Crippen molar-refractivity contribution in [2.24, 2.45) is 5.92 Å². The number of hydrogen-bond acceptors (Lipinski definition) is 6. The van der Waals surface area contributed by atoms with Gasteiger partial charge in [0, 0.05) is 37.4 Å². The van der Waals surface area contributed by atoms with Crippen LogP contribution in [0.5, 0.6) is 10.8 Å². The number of benzene rings is 1. The molecule has 1 amide bonds. The molecule has 6 rings (SSSR count). The van der Waals surface area contributed by atoms with Crippen molar-refractivity contribution >= 4 is 22.9 Å². The molecule has 4 aliphatic heterocycles. The number of nitrogens with one attached hydrogen (secondary N) is 1. The van der Waals surface area contributed by atoms with Crippen molar-refractivity contribution in [1.29, 1.82) is 0 Å². The maximum atomic E-state index is 12.7. The molecule has 0 aliphatic carbocycles. The van der Waals surface area contributed by atoms with Gasteiger partial charge in [0.15, 0.2) is 5.06 Å². The van der Waals surface area contributed by atoms with Gasteiger partial charge in [0.2, 0.25) is 0 Å². The average Bonchev–Trinajstić information content (AvgIpc) is 3.24. The molecular weight excluding hydrogens is 386 g/mol. The molecule has 6 nitrogen and oxygen atoms in total. The summed E-state index contributed by atoms with van der Waals surface area (Å²) in [5.41, 5.74) is 1.14. The van der Waals surface area contributed by atoms with Crippen LogP contribution in [0, 0.1) is 5.92 Å². The number of anilines is 1. The lowest BCUT2D eigenvalue weighted by molar-refractivity contribution is 0.0622. The SMILES string of the molecule is O=C(NC1CN2CCC1CC2)c1ccc(Oc2cccc(N3CCOCC3)c2)s1. The normalized spacial score (nSPS) is 26.3. The summed E-state index contributed by atoms with van der Waals surface area (Å²) in [7, 11) is 0. The van der Waals surface area contributed by atoms with Gasteiger partial charge in [0.05, 0.1) is 18.1 Å². The van der Waals surface area contributed by atoms with Crippen molar-refractivity contribution in [3.05, 3.63) is 41.3 Å². The van der Waals surface area contributed by atoms with E-state index < -0.39 is 0 Å². The highest BCUT2D eigenvalue weighted by Gasteiger charge is 2.35. The maximum Gasteiger partial charge on any atom is 0.261 e.